The number of hydrogen-bond acceptors (Lipinski definition) is 6. The van der Waals surface area contributed by atoms with Crippen molar-refractivity contribution in [3.63, 3.8) is 0 Å². The summed E-state index contributed by atoms with van der Waals surface area (Å²) in [6.07, 6.45) is 1.60. The van der Waals surface area contributed by atoms with Crippen molar-refractivity contribution in [2.45, 2.75) is 13.0 Å². The Kier molecular flexibility index (Phi) is 5.31. The van der Waals surface area contributed by atoms with Gasteiger partial charge in [0, 0.05) is 36.1 Å². The van der Waals surface area contributed by atoms with Crippen LogP contribution >= 0.6 is 11.3 Å². The Hall–Kier alpha value is -3.07. The fourth-order valence-corrected chi connectivity index (χ4v) is 3.24. The molecule has 27 heavy (non-hydrogen) atoms. The Morgan fingerprint density at radius 3 is 2.63 bits per heavy atom. The first-order valence-electron chi connectivity index (χ1n) is 8.17. The second kappa shape index (κ2) is 7.67. The lowest BCUT2D eigenvalue weighted by molar-refractivity contribution is -0.117. The fourth-order valence-electron chi connectivity index (χ4n) is 2.71. The van der Waals surface area contributed by atoms with Crippen molar-refractivity contribution >= 4 is 39.2 Å². The lowest BCUT2D eigenvalue weighted by Crippen LogP contribution is -2.42. The van der Waals surface area contributed by atoms with Gasteiger partial charge in [-0.3, -0.25) is 9.59 Å². The number of nitrogens with one attached hydrogen (secondary N) is 2. The minimum atomic E-state index is -0.726. The van der Waals surface area contributed by atoms with Crippen molar-refractivity contribution in [3.8, 4) is 11.5 Å². The minimum absolute atomic E-state index is 0.337. The monoisotopic (exact) mass is 388 g/mol. The molecule has 0 fully saturated rings. The zero-order valence-corrected chi connectivity index (χ0v) is 16.2. The molecule has 2 amide bonds. The van der Waals surface area contributed by atoms with Gasteiger partial charge in [0.05, 0.1) is 19.7 Å². The van der Waals surface area contributed by atoms with Crippen LogP contribution in [-0.2, 0) is 11.8 Å². The summed E-state index contributed by atoms with van der Waals surface area (Å²) in [6.45, 7) is 1.62. The van der Waals surface area contributed by atoms with Gasteiger partial charge in [0.1, 0.15) is 23.2 Å². The summed E-state index contributed by atoms with van der Waals surface area (Å²) in [5.74, 6) is 0.532. The second-order valence-electron chi connectivity index (χ2n) is 5.87. The number of ether oxygens (including phenoxy) is 2. The molecule has 9 heteroatoms. The SMILES string of the molecule is COc1cc(OC)c2cc(C(=O)NC(C)C(=O)Nc3nccs3)n(C)c2c1. The normalized spacial score (nSPS) is 11.9. The molecule has 0 aliphatic carbocycles. The third-order valence-electron chi connectivity index (χ3n) is 4.19. The average Bonchev–Trinajstić information content (AvgIpc) is 3.28. The molecule has 0 aliphatic rings. The van der Waals surface area contributed by atoms with Gasteiger partial charge in [0.15, 0.2) is 5.13 Å². The van der Waals surface area contributed by atoms with Crippen LogP contribution in [0.2, 0.25) is 0 Å². The van der Waals surface area contributed by atoms with Gasteiger partial charge in [-0.1, -0.05) is 0 Å². The summed E-state index contributed by atoms with van der Waals surface area (Å²) in [7, 11) is 4.91. The number of methoxy groups -OCH3 is 2. The van der Waals surface area contributed by atoms with Gasteiger partial charge in [0.25, 0.3) is 5.91 Å². The van der Waals surface area contributed by atoms with Crippen LogP contribution in [0.5, 0.6) is 11.5 Å². The van der Waals surface area contributed by atoms with Gasteiger partial charge >= 0.3 is 0 Å². The quantitative estimate of drug-likeness (QED) is 0.676. The topological polar surface area (TPSA) is 94.5 Å². The number of aryl methyl sites for hydroxylation is 1. The molecule has 2 aromatic heterocycles. The summed E-state index contributed by atoms with van der Waals surface area (Å²) >= 11 is 1.31. The second-order valence-corrected chi connectivity index (χ2v) is 6.77. The van der Waals surface area contributed by atoms with E-state index in [0.29, 0.717) is 22.3 Å². The molecule has 2 heterocycles. The minimum Gasteiger partial charge on any atom is -0.497 e. The predicted octanol–water partition coefficient (Wildman–Crippen LogP) is 2.41. The Morgan fingerprint density at radius 2 is 2.00 bits per heavy atom. The van der Waals surface area contributed by atoms with Crippen molar-refractivity contribution in [1.29, 1.82) is 0 Å². The van der Waals surface area contributed by atoms with Crippen LogP contribution in [0.3, 0.4) is 0 Å². The van der Waals surface area contributed by atoms with Crippen LogP contribution < -0.4 is 20.1 Å². The first-order valence-corrected chi connectivity index (χ1v) is 9.05. The van der Waals surface area contributed by atoms with Crippen LogP contribution in [0, 0.1) is 0 Å². The molecule has 0 saturated heterocycles. The lowest BCUT2D eigenvalue weighted by atomic mass is 10.2. The highest BCUT2D eigenvalue weighted by Crippen LogP contribution is 2.33. The number of benzene rings is 1. The van der Waals surface area contributed by atoms with E-state index in [-0.39, 0.29) is 11.8 Å². The highest BCUT2D eigenvalue weighted by Gasteiger charge is 2.21. The molecule has 0 aliphatic heterocycles. The predicted molar refractivity (Wildman–Crippen MR) is 104 cm³/mol. The maximum atomic E-state index is 12.7. The first-order chi connectivity index (χ1) is 12.9. The molecule has 1 atom stereocenters. The van der Waals surface area contributed by atoms with Gasteiger partial charge in [-0.05, 0) is 13.0 Å². The molecule has 1 aromatic carbocycles. The summed E-state index contributed by atoms with van der Waals surface area (Å²) < 4.78 is 12.4. The van der Waals surface area contributed by atoms with E-state index in [1.165, 1.54) is 11.3 Å². The number of amides is 2. The van der Waals surface area contributed by atoms with E-state index in [1.807, 2.05) is 6.07 Å². The standard InChI is InChI=1S/C18H20N4O4S/c1-10(16(23)21-18-19-5-6-27-18)20-17(24)14-9-12-13(22(14)2)7-11(25-3)8-15(12)26-4/h5-10H,1-4H3,(H,20,24)(H,19,21,23). The smallest absolute Gasteiger partial charge is 0.268 e. The number of aromatic nitrogens is 2. The molecule has 0 saturated carbocycles. The molecule has 3 rings (SSSR count). The number of rotatable bonds is 6. The van der Waals surface area contributed by atoms with E-state index in [2.05, 4.69) is 15.6 Å². The van der Waals surface area contributed by atoms with Crippen molar-refractivity contribution in [2.24, 2.45) is 7.05 Å². The van der Waals surface area contributed by atoms with E-state index in [0.717, 1.165) is 10.9 Å². The zero-order valence-electron chi connectivity index (χ0n) is 15.4. The van der Waals surface area contributed by atoms with E-state index >= 15 is 0 Å². The number of carbonyl (C=O) groups is 2. The Bertz CT molecular complexity index is 981. The van der Waals surface area contributed by atoms with Crippen LogP contribution in [0.15, 0.2) is 29.8 Å². The molecule has 142 valence electrons. The summed E-state index contributed by atoms with van der Waals surface area (Å²) in [4.78, 5) is 28.9. The largest absolute Gasteiger partial charge is 0.497 e. The highest BCUT2D eigenvalue weighted by molar-refractivity contribution is 7.13. The van der Waals surface area contributed by atoms with Gasteiger partial charge in [0.2, 0.25) is 5.91 Å². The molecule has 0 bridgehead atoms. The van der Waals surface area contributed by atoms with Crippen molar-refractivity contribution in [3.05, 3.63) is 35.5 Å². The van der Waals surface area contributed by atoms with E-state index in [1.54, 1.807) is 56.5 Å². The number of nitrogens with zero attached hydrogens (tertiary/aromatic N) is 2. The van der Waals surface area contributed by atoms with Gasteiger partial charge in [-0.25, -0.2) is 4.98 Å². The van der Waals surface area contributed by atoms with Gasteiger partial charge in [-0.15, -0.1) is 11.3 Å². The van der Waals surface area contributed by atoms with Crippen molar-refractivity contribution in [2.75, 3.05) is 19.5 Å². The molecular weight excluding hydrogens is 368 g/mol. The molecule has 0 radical (unpaired) electrons. The molecule has 8 nitrogen and oxygen atoms in total. The van der Waals surface area contributed by atoms with Crippen LogP contribution in [-0.4, -0.2) is 41.6 Å². The number of fused-ring (bicyclic) bond motifs is 1. The molecule has 0 spiro atoms. The summed E-state index contributed by atoms with van der Waals surface area (Å²) in [6, 6.07) is 4.59. The molecular formula is C18H20N4O4S. The Morgan fingerprint density at radius 1 is 1.22 bits per heavy atom. The summed E-state index contributed by atoms with van der Waals surface area (Å²) in [5.41, 5.74) is 1.20. The average molecular weight is 388 g/mol. The van der Waals surface area contributed by atoms with E-state index in [4.69, 9.17) is 9.47 Å². The first kappa shape index (κ1) is 18.7. The third-order valence-corrected chi connectivity index (χ3v) is 4.88. The third kappa shape index (κ3) is 3.72. The number of anilines is 1. The Balaban J connectivity index is 1.83. The van der Waals surface area contributed by atoms with Gasteiger partial charge < -0.3 is 24.7 Å². The fraction of sp³-hybridized carbons (Fsp3) is 0.278. The number of carbonyl (C=O) groups excluding carboxylic acids is 2. The van der Waals surface area contributed by atoms with E-state index < -0.39 is 6.04 Å². The molecule has 2 N–H and O–H groups in total. The van der Waals surface area contributed by atoms with Crippen molar-refractivity contribution in [1.82, 2.24) is 14.9 Å². The molecule has 3 aromatic rings. The van der Waals surface area contributed by atoms with Gasteiger partial charge in [-0.2, -0.15) is 0 Å². The van der Waals surface area contributed by atoms with Crippen LogP contribution in [0.4, 0.5) is 5.13 Å². The number of hydrogen-bond donors (Lipinski definition) is 2. The summed E-state index contributed by atoms with van der Waals surface area (Å²) in [5, 5.41) is 8.40. The van der Waals surface area contributed by atoms with Crippen molar-refractivity contribution < 1.29 is 19.1 Å². The van der Waals surface area contributed by atoms with E-state index in [9.17, 15) is 9.59 Å². The molecule has 1 unspecified atom stereocenters. The van der Waals surface area contributed by atoms with Crippen LogP contribution in [0.1, 0.15) is 17.4 Å². The zero-order chi connectivity index (χ0) is 19.6. The number of thiazole rings is 1. The van der Waals surface area contributed by atoms with Crippen LogP contribution in [0.25, 0.3) is 10.9 Å². The maximum absolute atomic E-state index is 12.7. The Labute approximate surface area is 160 Å². The lowest BCUT2D eigenvalue weighted by Gasteiger charge is -2.13. The highest BCUT2D eigenvalue weighted by atomic mass is 32.1. The maximum Gasteiger partial charge on any atom is 0.268 e.